The van der Waals surface area contributed by atoms with Gasteiger partial charge in [-0.2, -0.15) is 5.01 Å². The van der Waals surface area contributed by atoms with Crippen molar-refractivity contribution >= 4 is 40.9 Å². The Morgan fingerprint density at radius 1 is 1.09 bits per heavy atom. The second-order valence-electron chi connectivity index (χ2n) is 6.08. The van der Waals surface area contributed by atoms with E-state index in [4.69, 9.17) is 23.2 Å². The Hall–Kier alpha value is -1.85. The molecular formula is C16H12Cl2N2O3. The standard InChI is InChI=1S/C16H12Cl2N2O3/c17-9-3-4-11(18)10(6-9)14(21)19-20-15(22)12-7-1-2-8(5-7)13(12)16(20)23/h1-4,6-8,12-13H,5H2,(H,19,21). The number of rotatable bonds is 2. The molecule has 1 aliphatic heterocycles. The van der Waals surface area contributed by atoms with Gasteiger partial charge >= 0.3 is 0 Å². The van der Waals surface area contributed by atoms with E-state index in [0.29, 0.717) is 5.02 Å². The number of nitrogens with one attached hydrogen (secondary N) is 1. The molecule has 4 unspecified atom stereocenters. The Kier molecular flexibility index (Phi) is 3.25. The van der Waals surface area contributed by atoms with Crippen molar-refractivity contribution in [3.8, 4) is 0 Å². The Balaban J connectivity index is 1.58. The van der Waals surface area contributed by atoms with Crippen molar-refractivity contribution in [1.82, 2.24) is 10.4 Å². The van der Waals surface area contributed by atoms with Crippen LogP contribution in [0.2, 0.25) is 10.0 Å². The molecule has 2 aliphatic carbocycles. The van der Waals surface area contributed by atoms with Gasteiger partial charge in [0, 0.05) is 5.02 Å². The summed E-state index contributed by atoms with van der Waals surface area (Å²) in [6.07, 6.45) is 4.83. The number of benzene rings is 1. The molecule has 118 valence electrons. The minimum Gasteiger partial charge on any atom is -0.272 e. The summed E-state index contributed by atoms with van der Waals surface area (Å²) in [7, 11) is 0. The highest BCUT2D eigenvalue weighted by molar-refractivity contribution is 6.35. The van der Waals surface area contributed by atoms with Gasteiger partial charge in [0.15, 0.2) is 0 Å². The van der Waals surface area contributed by atoms with Crippen molar-refractivity contribution in [2.75, 3.05) is 0 Å². The van der Waals surface area contributed by atoms with Gasteiger partial charge in [-0.25, -0.2) is 0 Å². The molecule has 2 fully saturated rings. The molecule has 0 radical (unpaired) electrons. The molecule has 2 bridgehead atoms. The molecule has 1 N–H and O–H groups in total. The summed E-state index contributed by atoms with van der Waals surface area (Å²) in [4.78, 5) is 37.4. The lowest BCUT2D eigenvalue weighted by Gasteiger charge is -2.18. The zero-order valence-corrected chi connectivity index (χ0v) is 13.3. The summed E-state index contributed by atoms with van der Waals surface area (Å²) in [6, 6.07) is 4.45. The molecular weight excluding hydrogens is 339 g/mol. The van der Waals surface area contributed by atoms with Crippen LogP contribution in [0.25, 0.3) is 0 Å². The zero-order valence-electron chi connectivity index (χ0n) is 11.8. The van der Waals surface area contributed by atoms with Gasteiger partial charge in [-0.15, -0.1) is 0 Å². The molecule has 1 aromatic carbocycles. The average Bonchev–Trinajstić information content (AvgIpc) is 3.19. The summed E-state index contributed by atoms with van der Waals surface area (Å²) in [5, 5.41) is 1.40. The predicted octanol–water partition coefficient (Wildman–Crippen LogP) is 2.45. The van der Waals surface area contributed by atoms with Gasteiger partial charge in [-0.05, 0) is 36.5 Å². The zero-order chi connectivity index (χ0) is 16.3. The SMILES string of the molecule is O=C(NN1C(=O)C2C3C=CC(C3)C2C1=O)c1cc(Cl)ccc1Cl. The van der Waals surface area contributed by atoms with E-state index in [0.717, 1.165) is 11.4 Å². The van der Waals surface area contributed by atoms with E-state index in [1.54, 1.807) is 6.07 Å². The molecule has 3 aliphatic rings. The maximum Gasteiger partial charge on any atom is 0.271 e. The number of allylic oxidation sites excluding steroid dienone is 2. The van der Waals surface area contributed by atoms with Crippen molar-refractivity contribution in [2.45, 2.75) is 6.42 Å². The number of fused-ring (bicyclic) bond motifs is 5. The van der Waals surface area contributed by atoms with Crippen molar-refractivity contribution < 1.29 is 14.4 Å². The first-order chi connectivity index (χ1) is 11.0. The molecule has 23 heavy (non-hydrogen) atoms. The minimum absolute atomic E-state index is 0.0955. The van der Waals surface area contributed by atoms with E-state index < -0.39 is 5.91 Å². The number of carbonyl (C=O) groups is 3. The van der Waals surface area contributed by atoms with Crippen LogP contribution in [0.5, 0.6) is 0 Å². The molecule has 5 nitrogen and oxygen atoms in total. The molecule has 3 amide bonds. The maximum absolute atomic E-state index is 12.5. The fourth-order valence-corrected chi connectivity index (χ4v) is 4.22. The number of halogens is 2. The highest BCUT2D eigenvalue weighted by atomic mass is 35.5. The fourth-order valence-electron chi connectivity index (χ4n) is 3.85. The Morgan fingerprint density at radius 3 is 2.30 bits per heavy atom. The Labute approximate surface area is 142 Å². The van der Waals surface area contributed by atoms with E-state index in [1.807, 2.05) is 12.2 Å². The number of nitrogens with zero attached hydrogens (tertiary/aromatic N) is 1. The second-order valence-corrected chi connectivity index (χ2v) is 6.92. The summed E-state index contributed by atoms with van der Waals surface area (Å²) in [6.45, 7) is 0. The summed E-state index contributed by atoms with van der Waals surface area (Å²) in [5.41, 5.74) is 2.51. The Morgan fingerprint density at radius 2 is 1.70 bits per heavy atom. The van der Waals surface area contributed by atoms with Gasteiger partial charge in [-0.3, -0.25) is 19.8 Å². The van der Waals surface area contributed by atoms with Crippen molar-refractivity contribution in [2.24, 2.45) is 23.7 Å². The van der Waals surface area contributed by atoms with Gasteiger partial charge in [-0.1, -0.05) is 35.4 Å². The van der Waals surface area contributed by atoms with Gasteiger partial charge in [0.1, 0.15) is 0 Å². The van der Waals surface area contributed by atoms with Crippen molar-refractivity contribution in [1.29, 1.82) is 0 Å². The topological polar surface area (TPSA) is 66.5 Å². The van der Waals surface area contributed by atoms with Gasteiger partial charge < -0.3 is 0 Å². The van der Waals surface area contributed by atoms with Crippen LogP contribution >= 0.6 is 23.2 Å². The van der Waals surface area contributed by atoms with Crippen molar-refractivity contribution in [3.05, 3.63) is 46.0 Å². The first-order valence-electron chi connectivity index (χ1n) is 7.29. The first-order valence-corrected chi connectivity index (χ1v) is 8.05. The monoisotopic (exact) mass is 350 g/mol. The van der Waals surface area contributed by atoms with Crippen LogP contribution in [-0.2, 0) is 9.59 Å². The number of hydrogen-bond acceptors (Lipinski definition) is 3. The molecule has 1 heterocycles. The van der Waals surface area contributed by atoms with Crippen LogP contribution in [-0.4, -0.2) is 22.7 Å². The van der Waals surface area contributed by atoms with Crippen molar-refractivity contribution in [3.63, 3.8) is 0 Å². The van der Waals surface area contributed by atoms with E-state index >= 15 is 0 Å². The lowest BCUT2D eigenvalue weighted by atomic mass is 9.85. The number of carbonyl (C=O) groups excluding carboxylic acids is 3. The highest BCUT2D eigenvalue weighted by Crippen LogP contribution is 2.52. The summed E-state index contributed by atoms with van der Waals surface area (Å²) >= 11 is 11.8. The quantitative estimate of drug-likeness (QED) is 0.658. The number of imide groups is 1. The molecule has 1 saturated carbocycles. The highest BCUT2D eigenvalue weighted by Gasteiger charge is 2.59. The minimum atomic E-state index is -0.625. The lowest BCUT2D eigenvalue weighted by Crippen LogP contribution is -2.47. The van der Waals surface area contributed by atoms with Crippen LogP contribution < -0.4 is 5.43 Å². The van der Waals surface area contributed by atoms with E-state index in [9.17, 15) is 14.4 Å². The molecule has 0 aromatic heterocycles. The third-order valence-corrected chi connectivity index (χ3v) is 5.42. The van der Waals surface area contributed by atoms with Crippen LogP contribution in [0.4, 0.5) is 0 Å². The normalized spacial score (nSPS) is 31.0. The van der Waals surface area contributed by atoms with E-state index in [1.165, 1.54) is 12.1 Å². The lowest BCUT2D eigenvalue weighted by molar-refractivity contribution is -0.143. The molecule has 1 aromatic rings. The van der Waals surface area contributed by atoms with Crippen LogP contribution in [0.3, 0.4) is 0 Å². The molecule has 4 atom stereocenters. The largest absolute Gasteiger partial charge is 0.272 e. The maximum atomic E-state index is 12.5. The number of hydrogen-bond donors (Lipinski definition) is 1. The van der Waals surface area contributed by atoms with Gasteiger partial charge in [0.05, 0.1) is 22.4 Å². The molecule has 4 rings (SSSR count). The van der Waals surface area contributed by atoms with Crippen LogP contribution in [0.1, 0.15) is 16.8 Å². The van der Waals surface area contributed by atoms with Crippen LogP contribution in [0, 0.1) is 23.7 Å². The number of hydrazine groups is 1. The average molecular weight is 351 g/mol. The molecule has 1 saturated heterocycles. The summed E-state index contributed by atoms with van der Waals surface area (Å²) < 4.78 is 0. The third-order valence-electron chi connectivity index (χ3n) is 4.86. The van der Waals surface area contributed by atoms with E-state index in [2.05, 4.69) is 5.43 Å². The number of amides is 3. The Bertz CT molecular complexity index is 747. The van der Waals surface area contributed by atoms with Gasteiger partial charge in [0.2, 0.25) is 0 Å². The first kappa shape index (κ1) is 14.7. The van der Waals surface area contributed by atoms with Gasteiger partial charge in [0.25, 0.3) is 17.7 Å². The third kappa shape index (κ3) is 2.11. The van der Waals surface area contributed by atoms with E-state index in [-0.39, 0.29) is 46.1 Å². The molecule has 7 heteroatoms. The summed E-state index contributed by atoms with van der Waals surface area (Å²) in [5.74, 6) is -1.83. The fraction of sp³-hybridized carbons (Fsp3) is 0.312. The predicted molar refractivity (Wildman–Crippen MR) is 83.5 cm³/mol. The smallest absolute Gasteiger partial charge is 0.271 e. The molecule has 0 spiro atoms. The second kappa shape index (κ2) is 5.08. The van der Waals surface area contributed by atoms with Crippen LogP contribution in [0.15, 0.2) is 30.4 Å².